The molecule has 0 fully saturated rings. The molecule has 0 saturated heterocycles. The second-order valence-corrected chi connectivity index (χ2v) is 5.53. The van der Waals surface area contributed by atoms with E-state index in [4.69, 9.17) is 4.74 Å². The molecule has 0 aliphatic rings. The van der Waals surface area contributed by atoms with Gasteiger partial charge in [-0.3, -0.25) is 0 Å². The highest BCUT2D eigenvalue weighted by atomic mass is 32.1. The van der Waals surface area contributed by atoms with Crippen LogP contribution in [0, 0.1) is 6.92 Å². The van der Waals surface area contributed by atoms with Gasteiger partial charge in [0.25, 0.3) is 0 Å². The third-order valence-corrected chi connectivity index (χ3v) is 3.74. The first-order valence-electron chi connectivity index (χ1n) is 7.03. The molecule has 0 aliphatic carbocycles. The summed E-state index contributed by atoms with van der Waals surface area (Å²) >= 11 is 1.70. The summed E-state index contributed by atoms with van der Waals surface area (Å²) in [5.74, 6) is 0.940. The maximum absolute atomic E-state index is 5.33. The van der Waals surface area contributed by atoms with Gasteiger partial charge in [-0.1, -0.05) is 0 Å². The highest BCUT2D eigenvalue weighted by Crippen LogP contribution is 2.12. The van der Waals surface area contributed by atoms with Crippen molar-refractivity contribution >= 4 is 17.3 Å². The summed E-state index contributed by atoms with van der Waals surface area (Å²) in [6, 6.07) is 0. The first-order valence-corrected chi connectivity index (χ1v) is 7.91. The molecule has 2 rings (SSSR count). The largest absolute Gasteiger partial charge is 0.382 e. The number of nitrogens with zero attached hydrogens (tertiary/aromatic N) is 3. The van der Waals surface area contributed by atoms with E-state index in [0.29, 0.717) is 0 Å². The molecule has 20 heavy (non-hydrogen) atoms. The Balaban J connectivity index is 1.82. The van der Waals surface area contributed by atoms with E-state index in [1.807, 2.05) is 25.4 Å². The Morgan fingerprint density at radius 3 is 3.10 bits per heavy atom. The van der Waals surface area contributed by atoms with E-state index in [1.165, 1.54) is 5.01 Å². The van der Waals surface area contributed by atoms with E-state index in [-0.39, 0.29) is 0 Å². The zero-order chi connectivity index (χ0) is 14.2. The molecule has 110 valence electrons. The number of thiazole rings is 1. The summed E-state index contributed by atoms with van der Waals surface area (Å²) in [6.07, 6.45) is 5.87. The van der Waals surface area contributed by atoms with Crippen molar-refractivity contribution in [3.05, 3.63) is 28.5 Å². The molecule has 2 heterocycles. The lowest BCUT2D eigenvalue weighted by molar-refractivity contribution is 0.147. The average Bonchev–Trinajstić information content (AvgIpc) is 3.06. The number of hydrogen-bond acceptors (Lipinski definition) is 5. The lowest BCUT2D eigenvalue weighted by Gasteiger charge is -2.09. The van der Waals surface area contributed by atoms with Crippen LogP contribution in [-0.2, 0) is 17.7 Å². The molecular weight excluding hydrogens is 272 g/mol. The average molecular weight is 294 g/mol. The second kappa shape index (κ2) is 8.01. The first-order chi connectivity index (χ1) is 9.79. The third-order valence-electron chi connectivity index (χ3n) is 2.90. The Morgan fingerprint density at radius 2 is 2.35 bits per heavy atom. The molecule has 5 nitrogen and oxygen atoms in total. The van der Waals surface area contributed by atoms with Gasteiger partial charge in [0.1, 0.15) is 0 Å². The monoisotopic (exact) mass is 294 g/mol. The predicted molar refractivity (Wildman–Crippen MR) is 82.4 cm³/mol. The number of anilines is 1. The zero-order valence-corrected chi connectivity index (χ0v) is 12.9. The van der Waals surface area contributed by atoms with Crippen molar-refractivity contribution in [1.82, 2.24) is 14.5 Å². The normalized spacial score (nSPS) is 10.9. The van der Waals surface area contributed by atoms with Gasteiger partial charge in [-0.15, -0.1) is 11.3 Å². The highest BCUT2D eigenvalue weighted by Gasteiger charge is 2.06. The van der Waals surface area contributed by atoms with E-state index in [9.17, 15) is 0 Å². The van der Waals surface area contributed by atoms with E-state index in [1.54, 1.807) is 11.3 Å². The van der Waals surface area contributed by atoms with Crippen LogP contribution in [0.15, 0.2) is 17.8 Å². The number of aryl methyl sites for hydroxylation is 3. The fraction of sp³-hybridized carbons (Fsp3) is 0.571. The SMILES string of the molecule is CCOCCCNc1nc(C)cn1CCc1nccs1. The summed E-state index contributed by atoms with van der Waals surface area (Å²) in [5, 5.41) is 6.56. The molecule has 0 unspecified atom stereocenters. The molecule has 0 amide bonds. The van der Waals surface area contributed by atoms with Crippen LogP contribution in [0.3, 0.4) is 0 Å². The van der Waals surface area contributed by atoms with Crippen molar-refractivity contribution < 1.29 is 4.74 Å². The molecular formula is C14H22N4OS. The van der Waals surface area contributed by atoms with Crippen LogP contribution < -0.4 is 5.32 Å². The van der Waals surface area contributed by atoms with Crippen LogP contribution in [0.2, 0.25) is 0 Å². The number of aromatic nitrogens is 3. The smallest absolute Gasteiger partial charge is 0.203 e. The van der Waals surface area contributed by atoms with E-state index < -0.39 is 0 Å². The van der Waals surface area contributed by atoms with Crippen LogP contribution in [0.25, 0.3) is 0 Å². The molecule has 0 spiro atoms. The van der Waals surface area contributed by atoms with Crippen molar-refractivity contribution in [3.63, 3.8) is 0 Å². The molecule has 0 aliphatic heterocycles. The predicted octanol–water partition coefficient (Wildman–Crippen LogP) is 2.73. The fourth-order valence-corrected chi connectivity index (χ4v) is 2.58. The van der Waals surface area contributed by atoms with E-state index in [0.717, 1.165) is 50.8 Å². The van der Waals surface area contributed by atoms with Crippen molar-refractivity contribution in [2.45, 2.75) is 33.2 Å². The highest BCUT2D eigenvalue weighted by molar-refractivity contribution is 7.09. The van der Waals surface area contributed by atoms with Gasteiger partial charge in [-0.05, 0) is 20.3 Å². The Kier molecular flexibility index (Phi) is 6.01. The lowest BCUT2D eigenvalue weighted by Crippen LogP contribution is -2.11. The minimum atomic E-state index is 0.779. The lowest BCUT2D eigenvalue weighted by atomic mass is 10.4. The minimum Gasteiger partial charge on any atom is -0.382 e. The Bertz CT molecular complexity index is 495. The molecule has 2 aromatic heterocycles. The van der Waals surface area contributed by atoms with Crippen LogP contribution in [0.4, 0.5) is 5.95 Å². The van der Waals surface area contributed by atoms with Gasteiger partial charge >= 0.3 is 0 Å². The molecule has 6 heteroatoms. The van der Waals surface area contributed by atoms with Gasteiger partial charge in [0.15, 0.2) is 0 Å². The number of rotatable bonds is 9. The van der Waals surface area contributed by atoms with Crippen LogP contribution >= 0.6 is 11.3 Å². The molecule has 0 atom stereocenters. The summed E-state index contributed by atoms with van der Waals surface area (Å²) < 4.78 is 7.49. The summed E-state index contributed by atoms with van der Waals surface area (Å²) in [4.78, 5) is 8.83. The first kappa shape index (κ1) is 15.0. The van der Waals surface area contributed by atoms with Crippen LogP contribution in [-0.4, -0.2) is 34.3 Å². The quantitative estimate of drug-likeness (QED) is 0.723. The Hall–Kier alpha value is -1.40. The Morgan fingerprint density at radius 1 is 1.45 bits per heavy atom. The molecule has 2 aromatic rings. The van der Waals surface area contributed by atoms with Crippen molar-refractivity contribution in [2.24, 2.45) is 0 Å². The number of hydrogen-bond donors (Lipinski definition) is 1. The van der Waals surface area contributed by atoms with Gasteiger partial charge in [0.2, 0.25) is 5.95 Å². The molecule has 0 radical (unpaired) electrons. The third kappa shape index (κ3) is 4.61. The van der Waals surface area contributed by atoms with Crippen LogP contribution in [0.5, 0.6) is 0 Å². The van der Waals surface area contributed by atoms with Crippen molar-refractivity contribution in [2.75, 3.05) is 25.1 Å². The maximum atomic E-state index is 5.33. The number of imidazole rings is 1. The molecule has 1 N–H and O–H groups in total. The minimum absolute atomic E-state index is 0.779. The van der Waals surface area contributed by atoms with E-state index >= 15 is 0 Å². The summed E-state index contributed by atoms with van der Waals surface area (Å²) in [5.41, 5.74) is 1.04. The van der Waals surface area contributed by atoms with Gasteiger partial charge in [-0.2, -0.15) is 0 Å². The standard InChI is InChI=1S/C14H22N4OS/c1-3-19-9-4-6-16-14-17-12(2)11-18(14)8-5-13-15-7-10-20-13/h7,10-11H,3-6,8-9H2,1-2H3,(H,16,17). The molecule has 0 bridgehead atoms. The van der Waals surface area contributed by atoms with Crippen molar-refractivity contribution in [1.29, 1.82) is 0 Å². The van der Waals surface area contributed by atoms with Gasteiger partial charge < -0.3 is 14.6 Å². The van der Waals surface area contributed by atoms with Gasteiger partial charge in [0.05, 0.1) is 10.7 Å². The van der Waals surface area contributed by atoms with Crippen molar-refractivity contribution in [3.8, 4) is 0 Å². The van der Waals surface area contributed by atoms with E-state index in [2.05, 4.69) is 26.0 Å². The second-order valence-electron chi connectivity index (χ2n) is 4.55. The van der Waals surface area contributed by atoms with Gasteiger partial charge in [-0.25, -0.2) is 9.97 Å². The fourth-order valence-electron chi connectivity index (χ4n) is 1.97. The zero-order valence-electron chi connectivity index (χ0n) is 12.1. The number of ether oxygens (including phenoxy) is 1. The molecule has 0 saturated carbocycles. The summed E-state index contributed by atoms with van der Waals surface area (Å²) in [6.45, 7) is 7.40. The summed E-state index contributed by atoms with van der Waals surface area (Å²) in [7, 11) is 0. The van der Waals surface area contributed by atoms with Gasteiger partial charge in [0, 0.05) is 50.5 Å². The molecule has 0 aromatic carbocycles. The van der Waals surface area contributed by atoms with Crippen LogP contribution in [0.1, 0.15) is 24.0 Å². The topological polar surface area (TPSA) is 52.0 Å². The maximum Gasteiger partial charge on any atom is 0.203 e. The number of nitrogens with one attached hydrogen (secondary N) is 1. The Labute approximate surface area is 124 Å².